The van der Waals surface area contributed by atoms with E-state index < -0.39 is 57.7 Å². The van der Waals surface area contributed by atoms with Crippen LogP contribution < -0.4 is 5.32 Å². The summed E-state index contributed by atoms with van der Waals surface area (Å²) in [6.07, 6.45) is -3.57. The molecule has 6 nitrogen and oxygen atoms in total. The van der Waals surface area contributed by atoms with Gasteiger partial charge >= 0.3 is 23.5 Å². The Bertz CT molecular complexity index is 737. The van der Waals surface area contributed by atoms with Crippen LogP contribution in [-0.2, 0) is 21.0 Å². The van der Waals surface area contributed by atoms with Crippen LogP contribution in [0.4, 0.5) is 27.6 Å². The van der Waals surface area contributed by atoms with Gasteiger partial charge in [0.2, 0.25) is 0 Å². The number of alkyl halides is 6. The molecule has 162 valence electrons. The summed E-state index contributed by atoms with van der Waals surface area (Å²) in [6, 6.07) is -0.434. The monoisotopic (exact) mass is 444 g/mol. The zero-order valence-electron chi connectivity index (χ0n) is 15.5. The van der Waals surface area contributed by atoms with E-state index in [0.717, 1.165) is 6.42 Å². The van der Waals surface area contributed by atoms with Crippen LogP contribution in [0.25, 0.3) is 0 Å². The third-order valence-corrected chi connectivity index (χ3v) is 4.33. The van der Waals surface area contributed by atoms with Crippen molar-refractivity contribution in [2.75, 3.05) is 18.5 Å². The zero-order chi connectivity index (χ0) is 22.0. The molecule has 0 radical (unpaired) electrons. The van der Waals surface area contributed by atoms with Gasteiger partial charge in [-0.05, 0) is 44.7 Å². The Morgan fingerprint density at radius 3 is 1.86 bits per heavy atom. The van der Waals surface area contributed by atoms with Crippen molar-refractivity contribution in [3.8, 4) is 0 Å². The molecular weight excluding hydrogens is 427 g/mol. The number of esters is 2. The average Bonchev–Trinajstić information content (AvgIpc) is 2.55. The molecule has 1 heterocycles. The summed E-state index contributed by atoms with van der Waals surface area (Å²) in [4.78, 5) is 27.6. The quantitative estimate of drug-likeness (QED) is 0.373. The standard InChI is InChI=1S/C17H18ClF5N2O4/c1-3-28-14(26)9-11(24-8-6-5-7-8)10(15(27)29-4-2)13(17(21,22)23)25-12(9)16(18,19)20/h8H,3-7H2,1-2H3,(H,24,25). The van der Waals surface area contributed by atoms with Gasteiger partial charge in [-0.25, -0.2) is 14.6 Å². The smallest absolute Gasteiger partial charge is 0.434 e. The second-order valence-corrected chi connectivity index (χ2v) is 6.62. The fraction of sp³-hybridized carbons (Fsp3) is 0.588. The fourth-order valence-corrected chi connectivity index (χ4v) is 2.84. The van der Waals surface area contributed by atoms with E-state index in [-0.39, 0.29) is 13.2 Å². The van der Waals surface area contributed by atoms with Gasteiger partial charge in [0.1, 0.15) is 16.8 Å². The van der Waals surface area contributed by atoms with Crippen molar-refractivity contribution in [1.29, 1.82) is 0 Å². The molecule has 1 fully saturated rings. The third kappa shape index (κ3) is 5.06. The van der Waals surface area contributed by atoms with E-state index in [9.17, 15) is 31.5 Å². The molecule has 0 amide bonds. The molecule has 1 saturated carbocycles. The molecule has 1 aromatic heterocycles. The van der Waals surface area contributed by atoms with Crippen LogP contribution >= 0.6 is 11.6 Å². The summed E-state index contributed by atoms with van der Waals surface area (Å²) in [5.41, 5.74) is -6.56. The van der Waals surface area contributed by atoms with E-state index >= 15 is 0 Å². The van der Waals surface area contributed by atoms with Crippen molar-refractivity contribution in [2.45, 2.75) is 50.7 Å². The maximum absolute atomic E-state index is 14.0. The Kier molecular flexibility index (Phi) is 6.92. The second-order valence-electron chi connectivity index (χ2n) is 6.14. The molecule has 2 rings (SSSR count). The van der Waals surface area contributed by atoms with Crippen molar-refractivity contribution in [1.82, 2.24) is 4.98 Å². The van der Waals surface area contributed by atoms with E-state index in [1.165, 1.54) is 13.8 Å². The van der Waals surface area contributed by atoms with Crippen LogP contribution in [0, 0.1) is 0 Å². The molecule has 1 aliphatic rings. The minimum atomic E-state index is -5.30. The highest BCUT2D eigenvalue weighted by Crippen LogP contribution is 2.43. The van der Waals surface area contributed by atoms with Gasteiger partial charge in [0.15, 0.2) is 5.69 Å². The lowest BCUT2D eigenvalue weighted by Crippen LogP contribution is -2.33. The third-order valence-electron chi connectivity index (χ3n) is 4.15. The normalized spacial score (nSPS) is 14.9. The van der Waals surface area contributed by atoms with Gasteiger partial charge in [0.25, 0.3) is 0 Å². The van der Waals surface area contributed by atoms with E-state index in [1.54, 1.807) is 0 Å². The predicted molar refractivity (Wildman–Crippen MR) is 92.2 cm³/mol. The molecule has 1 aliphatic carbocycles. The van der Waals surface area contributed by atoms with Crippen LogP contribution in [0.3, 0.4) is 0 Å². The Hall–Kier alpha value is -2.17. The van der Waals surface area contributed by atoms with Crippen molar-refractivity contribution in [3.05, 3.63) is 22.5 Å². The van der Waals surface area contributed by atoms with E-state index in [0.29, 0.717) is 12.8 Å². The number of anilines is 1. The summed E-state index contributed by atoms with van der Waals surface area (Å²) >= 11 is 4.96. The molecule has 0 aliphatic heterocycles. The molecule has 1 aromatic rings. The number of halogens is 6. The SMILES string of the molecule is CCOC(=O)c1c(C(F)(F)F)nc(C(F)(F)Cl)c(C(=O)OCC)c1NC1CCC1. The Labute approximate surface area is 167 Å². The molecule has 0 aromatic carbocycles. The van der Waals surface area contributed by atoms with Gasteiger partial charge in [-0.3, -0.25) is 0 Å². The number of carbonyl (C=O) groups is 2. The van der Waals surface area contributed by atoms with Crippen molar-refractivity contribution in [3.63, 3.8) is 0 Å². The summed E-state index contributed by atoms with van der Waals surface area (Å²) in [6.45, 7) is 2.18. The number of pyridine rings is 1. The highest BCUT2D eigenvalue weighted by atomic mass is 35.5. The first-order chi connectivity index (χ1) is 13.4. The Morgan fingerprint density at radius 1 is 1.03 bits per heavy atom. The largest absolute Gasteiger partial charge is 0.462 e. The second kappa shape index (κ2) is 8.68. The highest BCUT2D eigenvalue weighted by Gasteiger charge is 2.47. The maximum Gasteiger partial charge on any atom is 0.434 e. The molecule has 0 unspecified atom stereocenters. The van der Waals surface area contributed by atoms with Gasteiger partial charge in [-0.1, -0.05) is 0 Å². The lowest BCUT2D eigenvalue weighted by molar-refractivity contribution is -0.142. The lowest BCUT2D eigenvalue weighted by Gasteiger charge is -2.30. The molecule has 12 heteroatoms. The molecule has 0 atom stereocenters. The molecule has 0 saturated heterocycles. The summed E-state index contributed by atoms with van der Waals surface area (Å²) in [5.74, 6) is -2.86. The van der Waals surface area contributed by atoms with Crippen molar-refractivity contribution >= 4 is 29.2 Å². The number of hydrogen-bond donors (Lipinski definition) is 1. The molecule has 1 N–H and O–H groups in total. The minimum absolute atomic E-state index is 0.259. The number of ether oxygens (including phenoxy) is 2. The Balaban J connectivity index is 2.91. The van der Waals surface area contributed by atoms with E-state index in [1.807, 2.05) is 0 Å². The molecule has 0 bridgehead atoms. The number of nitrogens with one attached hydrogen (secondary N) is 1. The van der Waals surface area contributed by atoms with Crippen LogP contribution in [0.2, 0.25) is 0 Å². The van der Waals surface area contributed by atoms with E-state index in [4.69, 9.17) is 16.3 Å². The fourth-order valence-electron chi connectivity index (χ4n) is 2.70. The zero-order valence-corrected chi connectivity index (χ0v) is 16.2. The summed E-state index contributed by atoms with van der Waals surface area (Å²) < 4.78 is 78.1. The van der Waals surface area contributed by atoms with Gasteiger partial charge in [-0.2, -0.15) is 22.0 Å². The van der Waals surface area contributed by atoms with Crippen molar-refractivity contribution < 1.29 is 41.0 Å². The first-order valence-electron chi connectivity index (χ1n) is 8.74. The lowest BCUT2D eigenvalue weighted by atomic mass is 9.91. The predicted octanol–water partition coefficient (Wildman–Crippen LogP) is 4.71. The Morgan fingerprint density at radius 2 is 1.52 bits per heavy atom. The van der Waals surface area contributed by atoms with Crippen LogP contribution in [0.1, 0.15) is 65.2 Å². The molecule has 29 heavy (non-hydrogen) atoms. The van der Waals surface area contributed by atoms with Gasteiger partial charge in [-0.15, -0.1) is 0 Å². The van der Waals surface area contributed by atoms with Crippen LogP contribution in [0.5, 0.6) is 0 Å². The first kappa shape index (κ1) is 23.1. The summed E-state index contributed by atoms with van der Waals surface area (Å²) in [5, 5.41) is -1.85. The van der Waals surface area contributed by atoms with Gasteiger partial charge < -0.3 is 14.8 Å². The van der Waals surface area contributed by atoms with Gasteiger partial charge in [0.05, 0.1) is 18.9 Å². The first-order valence-corrected chi connectivity index (χ1v) is 9.12. The van der Waals surface area contributed by atoms with Gasteiger partial charge in [0, 0.05) is 6.04 Å². The van der Waals surface area contributed by atoms with Crippen LogP contribution in [0.15, 0.2) is 0 Å². The molecule has 0 spiro atoms. The number of nitrogens with zero attached hydrogens (tertiary/aromatic N) is 1. The highest BCUT2D eigenvalue weighted by molar-refractivity contribution is 6.22. The average molecular weight is 445 g/mol. The van der Waals surface area contributed by atoms with E-state index in [2.05, 4.69) is 15.0 Å². The number of carbonyl (C=O) groups excluding carboxylic acids is 2. The van der Waals surface area contributed by atoms with Crippen LogP contribution in [-0.4, -0.2) is 36.2 Å². The number of hydrogen-bond acceptors (Lipinski definition) is 6. The topological polar surface area (TPSA) is 77.5 Å². The summed E-state index contributed by atoms with van der Waals surface area (Å²) in [7, 11) is 0. The van der Waals surface area contributed by atoms with Crippen molar-refractivity contribution in [2.24, 2.45) is 0 Å². The number of rotatable bonds is 7. The minimum Gasteiger partial charge on any atom is -0.462 e. The maximum atomic E-state index is 14.0. The molecular formula is C17H18ClF5N2O4. The number of aromatic nitrogens is 1.